The highest BCUT2D eigenvalue weighted by molar-refractivity contribution is 7.07. The normalized spacial score (nSPS) is 15.6. The lowest BCUT2D eigenvalue weighted by atomic mass is 10.0. The molecule has 0 saturated carbocycles. The molecule has 5 nitrogen and oxygen atoms in total. The maximum absolute atomic E-state index is 9.71. The van der Waals surface area contributed by atoms with Gasteiger partial charge in [0, 0.05) is 44.0 Å². The van der Waals surface area contributed by atoms with Crippen LogP contribution in [0.3, 0.4) is 0 Å². The van der Waals surface area contributed by atoms with E-state index in [1.165, 1.54) is 16.8 Å². The fourth-order valence-corrected chi connectivity index (χ4v) is 3.77. The van der Waals surface area contributed by atoms with Gasteiger partial charge in [-0.3, -0.25) is 0 Å². The second kappa shape index (κ2) is 8.55. The summed E-state index contributed by atoms with van der Waals surface area (Å²) in [5.41, 5.74) is 3.71. The predicted molar refractivity (Wildman–Crippen MR) is 98.8 cm³/mol. The molecule has 0 saturated heterocycles. The van der Waals surface area contributed by atoms with E-state index >= 15 is 0 Å². The average molecular weight is 347 g/mol. The van der Waals surface area contributed by atoms with Gasteiger partial charge in [0.1, 0.15) is 11.6 Å². The van der Waals surface area contributed by atoms with Crippen LogP contribution in [0.25, 0.3) is 0 Å². The van der Waals surface area contributed by atoms with Crippen LogP contribution in [0.2, 0.25) is 0 Å². The summed E-state index contributed by atoms with van der Waals surface area (Å²) in [6.07, 6.45) is 3.64. The zero-order valence-corrected chi connectivity index (χ0v) is 15.0. The molecule has 2 aromatic rings. The van der Waals surface area contributed by atoms with Crippen LogP contribution in [-0.2, 0) is 25.7 Å². The second-order valence-electron chi connectivity index (χ2n) is 6.28. The third kappa shape index (κ3) is 4.32. The van der Waals surface area contributed by atoms with Gasteiger partial charge >= 0.3 is 0 Å². The average Bonchev–Trinajstić information content (AvgIpc) is 3.00. The van der Waals surface area contributed by atoms with Crippen molar-refractivity contribution in [1.29, 1.82) is 0 Å². The van der Waals surface area contributed by atoms with E-state index < -0.39 is 0 Å². The number of hydrogen-bond acceptors (Lipinski definition) is 6. The van der Waals surface area contributed by atoms with Crippen LogP contribution in [0.5, 0.6) is 0 Å². The molecule has 24 heavy (non-hydrogen) atoms. The Morgan fingerprint density at radius 2 is 2.21 bits per heavy atom. The smallest absolute Gasteiger partial charge is 0.133 e. The SMILES string of the molecule is CCc1nc2c(c(NC[C@@H](CO)Cc3ccsc3)n1)CCNCC2. The first-order valence-corrected chi connectivity index (χ1v) is 9.69. The van der Waals surface area contributed by atoms with E-state index in [1.54, 1.807) is 11.3 Å². The van der Waals surface area contributed by atoms with Gasteiger partial charge in [0.25, 0.3) is 0 Å². The van der Waals surface area contributed by atoms with Gasteiger partial charge < -0.3 is 15.7 Å². The van der Waals surface area contributed by atoms with Crippen molar-refractivity contribution in [2.24, 2.45) is 5.92 Å². The highest BCUT2D eigenvalue weighted by Gasteiger charge is 2.17. The van der Waals surface area contributed by atoms with Gasteiger partial charge in [0.05, 0.1) is 5.69 Å². The monoisotopic (exact) mass is 346 g/mol. The summed E-state index contributed by atoms with van der Waals surface area (Å²) in [7, 11) is 0. The largest absolute Gasteiger partial charge is 0.396 e. The van der Waals surface area contributed by atoms with Crippen LogP contribution in [0, 0.1) is 5.92 Å². The summed E-state index contributed by atoms with van der Waals surface area (Å²) in [6, 6.07) is 2.13. The molecule has 0 unspecified atom stereocenters. The summed E-state index contributed by atoms with van der Waals surface area (Å²) in [6.45, 7) is 4.94. The number of nitrogens with one attached hydrogen (secondary N) is 2. The molecule has 6 heteroatoms. The second-order valence-corrected chi connectivity index (χ2v) is 7.06. The minimum atomic E-state index is 0.179. The predicted octanol–water partition coefficient (Wildman–Crippen LogP) is 2.05. The van der Waals surface area contributed by atoms with E-state index in [9.17, 15) is 5.11 Å². The van der Waals surface area contributed by atoms with Gasteiger partial charge in [-0.15, -0.1) is 0 Å². The van der Waals surface area contributed by atoms with Crippen molar-refractivity contribution < 1.29 is 5.11 Å². The lowest BCUT2D eigenvalue weighted by molar-refractivity contribution is 0.232. The molecule has 130 valence electrons. The summed E-state index contributed by atoms with van der Waals surface area (Å²) in [5, 5.41) is 20.9. The number of nitrogens with zero attached hydrogens (tertiary/aromatic N) is 2. The lowest BCUT2D eigenvalue weighted by Gasteiger charge is -2.18. The number of aromatic nitrogens is 2. The molecule has 0 bridgehead atoms. The molecule has 0 spiro atoms. The topological polar surface area (TPSA) is 70.1 Å². The molecule has 0 fully saturated rings. The van der Waals surface area contributed by atoms with Crippen LogP contribution in [0.1, 0.15) is 29.6 Å². The van der Waals surface area contributed by atoms with E-state index in [2.05, 4.69) is 34.4 Å². The number of hydrogen-bond donors (Lipinski definition) is 3. The van der Waals surface area contributed by atoms with Crippen LogP contribution in [0.4, 0.5) is 5.82 Å². The molecule has 0 aromatic carbocycles. The highest BCUT2D eigenvalue weighted by atomic mass is 32.1. The Morgan fingerprint density at radius 3 is 2.96 bits per heavy atom. The fourth-order valence-electron chi connectivity index (χ4n) is 3.08. The minimum absolute atomic E-state index is 0.179. The van der Waals surface area contributed by atoms with Crippen LogP contribution in [0.15, 0.2) is 16.8 Å². The number of fused-ring (bicyclic) bond motifs is 1. The number of thiophene rings is 1. The van der Waals surface area contributed by atoms with Crippen LogP contribution >= 0.6 is 11.3 Å². The van der Waals surface area contributed by atoms with Gasteiger partial charge in [-0.2, -0.15) is 11.3 Å². The molecular formula is C18H26N4OS. The Labute approximate surface area is 147 Å². The Morgan fingerprint density at radius 1 is 1.33 bits per heavy atom. The summed E-state index contributed by atoms with van der Waals surface area (Å²) < 4.78 is 0. The van der Waals surface area contributed by atoms with E-state index in [0.29, 0.717) is 0 Å². The molecule has 1 atom stereocenters. The third-order valence-electron chi connectivity index (χ3n) is 4.47. The number of rotatable bonds is 7. The first-order chi connectivity index (χ1) is 11.8. The summed E-state index contributed by atoms with van der Waals surface area (Å²) in [5.74, 6) is 2.06. The van der Waals surface area contributed by atoms with Crippen molar-refractivity contribution in [3.8, 4) is 0 Å². The molecule has 0 aliphatic carbocycles. The van der Waals surface area contributed by atoms with Gasteiger partial charge in [-0.05, 0) is 41.8 Å². The fraction of sp³-hybridized carbons (Fsp3) is 0.556. The van der Waals surface area contributed by atoms with Gasteiger partial charge in [-0.1, -0.05) is 6.92 Å². The zero-order chi connectivity index (χ0) is 16.8. The summed E-state index contributed by atoms with van der Waals surface area (Å²) >= 11 is 1.70. The van der Waals surface area contributed by atoms with Crippen molar-refractivity contribution >= 4 is 17.2 Å². The van der Waals surface area contributed by atoms with E-state index in [1.807, 2.05) is 0 Å². The van der Waals surface area contributed by atoms with Gasteiger partial charge in [0.15, 0.2) is 0 Å². The standard InChI is InChI=1S/C18H26N4OS/c1-2-17-21-16-4-7-19-6-3-15(16)18(22-17)20-10-14(11-23)9-13-5-8-24-12-13/h5,8,12,14,19,23H,2-4,6-7,9-11H2,1H3,(H,20,21,22)/t14-/m0/s1. The minimum Gasteiger partial charge on any atom is -0.396 e. The number of anilines is 1. The Kier molecular flexibility index (Phi) is 6.18. The maximum Gasteiger partial charge on any atom is 0.133 e. The van der Waals surface area contributed by atoms with Crippen LogP contribution in [-0.4, -0.2) is 41.3 Å². The number of aliphatic hydroxyl groups is 1. The summed E-state index contributed by atoms with van der Waals surface area (Å²) in [4.78, 5) is 9.44. The van der Waals surface area contributed by atoms with Crippen molar-refractivity contribution in [3.05, 3.63) is 39.5 Å². The quantitative estimate of drug-likeness (QED) is 0.716. The molecule has 0 amide bonds. The molecule has 3 heterocycles. The van der Waals surface area contributed by atoms with E-state index in [4.69, 9.17) is 9.97 Å². The van der Waals surface area contributed by atoms with E-state index in [0.717, 1.165) is 57.0 Å². The molecule has 0 radical (unpaired) electrons. The van der Waals surface area contributed by atoms with Gasteiger partial charge in [-0.25, -0.2) is 9.97 Å². The van der Waals surface area contributed by atoms with E-state index in [-0.39, 0.29) is 12.5 Å². The van der Waals surface area contributed by atoms with Gasteiger partial charge in [0.2, 0.25) is 0 Å². The molecule has 2 aromatic heterocycles. The number of aryl methyl sites for hydroxylation is 1. The Balaban J connectivity index is 1.73. The first-order valence-electron chi connectivity index (χ1n) is 8.75. The first kappa shape index (κ1) is 17.3. The highest BCUT2D eigenvalue weighted by Crippen LogP contribution is 2.21. The van der Waals surface area contributed by atoms with Crippen molar-refractivity contribution in [1.82, 2.24) is 15.3 Å². The zero-order valence-electron chi connectivity index (χ0n) is 14.2. The van der Waals surface area contributed by atoms with Crippen molar-refractivity contribution in [2.75, 3.05) is 31.6 Å². The molecule has 3 N–H and O–H groups in total. The Hall–Kier alpha value is -1.50. The molecule has 3 rings (SSSR count). The Bertz CT molecular complexity index is 645. The van der Waals surface area contributed by atoms with Crippen molar-refractivity contribution in [2.45, 2.75) is 32.6 Å². The number of aliphatic hydroxyl groups excluding tert-OH is 1. The molecular weight excluding hydrogens is 320 g/mol. The lowest BCUT2D eigenvalue weighted by Crippen LogP contribution is -2.22. The van der Waals surface area contributed by atoms with Crippen LogP contribution < -0.4 is 10.6 Å². The molecule has 1 aliphatic heterocycles. The third-order valence-corrected chi connectivity index (χ3v) is 5.20. The maximum atomic E-state index is 9.71. The van der Waals surface area contributed by atoms with Crippen molar-refractivity contribution in [3.63, 3.8) is 0 Å². The molecule has 1 aliphatic rings.